The van der Waals surface area contributed by atoms with Crippen molar-refractivity contribution in [3.05, 3.63) is 60.2 Å². The molecule has 5 heterocycles. The Morgan fingerprint density at radius 1 is 1.03 bits per heavy atom. The normalized spacial score (nSPS) is 18.5. The summed E-state index contributed by atoms with van der Waals surface area (Å²) in [6.07, 6.45) is 4.46. The van der Waals surface area contributed by atoms with Crippen LogP contribution in [0.3, 0.4) is 0 Å². The molecule has 0 radical (unpaired) electrons. The largest absolute Gasteiger partial charge is 0.385 e. The summed E-state index contributed by atoms with van der Waals surface area (Å²) in [4.78, 5) is 9.23. The van der Waals surface area contributed by atoms with Crippen LogP contribution in [0.4, 0.5) is 15.9 Å². The maximum Gasteiger partial charge on any atom is 0.167 e. The summed E-state index contributed by atoms with van der Waals surface area (Å²) in [5, 5.41) is 24.3. The Balaban J connectivity index is 1.39. The molecule has 0 spiro atoms. The van der Waals surface area contributed by atoms with Gasteiger partial charge in [0.05, 0.1) is 31.2 Å². The van der Waals surface area contributed by atoms with Crippen LogP contribution in [0.5, 0.6) is 0 Å². The van der Waals surface area contributed by atoms with Crippen molar-refractivity contribution in [3.8, 4) is 5.82 Å². The molecular weight excluding hydrogens is 437 g/mol. The molecule has 9 nitrogen and oxygen atoms in total. The number of ether oxygens (including phenoxy) is 1. The molecule has 2 aliphatic heterocycles. The highest BCUT2D eigenvalue weighted by Crippen LogP contribution is 2.39. The number of aromatic nitrogens is 5. The van der Waals surface area contributed by atoms with Crippen LogP contribution < -0.4 is 9.80 Å². The first-order valence-electron chi connectivity index (χ1n) is 11.6. The number of pyridine rings is 1. The number of anilines is 2. The van der Waals surface area contributed by atoms with Crippen LogP contribution in [0.2, 0.25) is 0 Å². The maximum atomic E-state index is 13.7. The van der Waals surface area contributed by atoms with E-state index in [1.807, 2.05) is 18.2 Å². The molecule has 0 aliphatic carbocycles. The first-order chi connectivity index (χ1) is 16.6. The first-order valence-corrected chi connectivity index (χ1v) is 11.6. The van der Waals surface area contributed by atoms with E-state index in [1.165, 1.54) is 6.07 Å². The lowest BCUT2D eigenvalue weighted by molar-refractivity contribution is 0.0132. The Bertz CT molecular complexity index is 1290. The molecule has 4 aromatic rings. The number of H-pyrrole nitrogens is 1. The van der Waals surface area contributed by atoms with Crippen molar-refractivity contribution < 1.29 is 14.2 Å². The zero-order valence-electron chi connectivity index (χ0n) is 18.7. The Morgan fingerprint density at radius 2 is 1.85 bits per heavy atom. The van der Waals surface area contributed by atoms with Gasteiger partial charge in [-0.2, -0.15) is 14.9 Å². The minimum absolute atomic E-state index is 0.254. The number of benzene rings is 1. The molecule has 3 aromatic heterocycles. The second-order valence-electron chi connectivity index (χ2n) is 8.86. The Labute approximate surface area is 195 Å². The lowest BCUT2D eigenvalue weighted by Gasteiger charge is -2.40. The molecule has 2 saturated heterocycles. The Kier molecular flexibility index (Phi) is 5.19. The van der Waals surface area contributed by atoms with Gasteiger partial charge in [0.2, 0.25) is 0 Å². The fourth-order valence-electron chi connectivity index (χ4n) is 4.95. The Hall–Kier alpha value is -3.50. The van der Waals surface area contributed by atoms with Crippen LogP contribution >= 0.6 is 0 Å². The van der Waals surface area contributed by atoms with Crippen molar-refractivity contribution in [2.24, 2.45) is 0 Å². The minimum atomic E-state index is -1.05. The monoisotopic (exact) mass is 463 g/mol. The quantitative estimate of drug-likeness (QED) is 0.480. The van der Waals surface area contributed by atoms with Gasteiger partial charge >= 0.3 is 0 Å². The SMILES string of the molecule is OC1(c2cc(N3CCOCC3)nc3c2cnn3-c2ccn[nH]2)CCN(c2cccc(F)c2)CC1. The van der Waals surface area contributed by atoms with E-state index in [0.717, 1.165) is 35.5 Å². The van der Waals surface area contributed by atoms with Crippen LogP contribution in [0.25, 0.3) is 16.9 Å². The van der Waals surface area contributed by atoms with Gasteiger partial charge in [0.1, 0.15) is 11.6 Å². The summed E-state index contributed by atoms with van der Waals surface area (Å²) in [5.41, 5.74) is 1.28. The summed E-state index contributed by atoms with van der Waals surface area (Å²) in [7, 11) is 0. The van der Waals surface area contributed by atoms with Gasteiger partial charge in [-0.15, -0.1) is 0 Å². The summed E-state index contributed by atoms with van der Waals surface area (Å²) in [5.74, 6) is 1.25. The molecule has 0 saturated carbocycles. The highest BCUT2D eigenvalue weighted by Gasteiger charge is 2.37. The van der Waals surface area contributed by atoms with Gasteiger partial charge in [-0.1, -0.05) is 6.07 Å². The van der Waals surface area contributed by atoms with E-state index in [1.54, 1.807) is 29.2 Å². The van der Waals surface area contributed by atoms with Gasteiger partial charge < -0.3 is 19.6 Å². The lowest BCUT2D eigenvalue weighted by atomic mass is 9.83. The van der Waals surface area contributed by atoms with Gasteiger partial charge in [0.15, 0.2) is 11.5 Å². The van der Waals surface area contributed by atoms with Crippen LogP contribution in [-0.2, 0) is 10.3 Å². The van der Waals surface area contributed by atoms with Gasteiger partial charge in [0.25, 0.3) is 0 Å². The minimum Gasteiger partial charge on any atom is -0.385 e. The molecule has 34 heavy (non-hydrogen) atoms. The molecule has 2 fully saturated rings. The topological polar surface area (TPSA) is 95.3 Å². The van der Waals surface area contributed by atoms with Crippen molar-refractivity contribution in [1.29, 1.82) is 0 Å². The third kappa shape index (κ3) is 3.68. The number of morpholine rings is 1. The highest BCUT2D eigenvalue weighted by molar-refractivity contribution is 5.83. The van der Waals surface area contributed by atoms with E-state index in [0.29, 0.717) is 50.6 Å². The average Bonchev–Trinajstić information content (AvgIpc) is 3.54. The van der Waals surface area contributed by atoms with E-state index < -0.39 is 5.60 Å². The second kappa shape index (κ2) is 8.37. The fraction of sp³-hybridized carbons (Fsp3) is 0.375. The lowest BCUT2D eigenvalue weighted by Crippen LogP contribution is -2.43. The number of rotatable bonds is 4. The zero-order valence-corrected chi connectivity index (χ0v) is 18.7. The van der Waals surface area contributed by atoms with E-state index in [2.05, 4.69) is 25.1 Å². The fourth-order valence-corrected chi connectivity index (χ4v) is 4.95. The number of fused-ring (bicyclic) bond motifs is 1. The van der Waals surface area contributed by atoms with Crippen LogP contribution in [-0.4, -0.2) is 69.5 Å². The van der Waals surface area contributed by atoms with Crippen LogP contribution in [0.1, 0.15) is 18.4 Å². The number of nitrogens with one attached hydrogen (secondary N) is 1. The van der Waals surface area contributed by atoms with E-state index in [4.69, 9.17) is 9.72 Å². The molecule has 176 valence electrons. The number of hydrogen-bond acceptors (Lipinski definition) is 7. The summed E-state index contributed by atoms with van der Waals surface area (Å²) < 4.78 is 21.0. The number of aromatic amines is 1. The van der Waals surface area contributed by atoms with Crippen molar-refractivity contribution in [1.82, 2.24) is 25.0 Å². The third-order valence-electron chi connectivity index (χ3n) is 6.84. The number of nitrogens with zero attached hydrogens (tertiary/aromatic N) is 6. The number of piperidine rings is 1. The zero-order chi connectivity index (χ0) is 23.1. The van der Waals surface area contributed by atoms with Crippen molar-refractivity contribution >= 4 is 22.5 Å². The van der Waals surface area contributed by atoms with Crippen molar-refractivity contribution in [3.63, 3.8) is 0 Å². The molecule has 10 heteroatoms. The van der Waals surface area contributed by atoms with Crippen LogP contribution in [0, 0.1) is 5.82 Å². The van der Waals surface area contributed by atoms with Crippen molar-refractivity contribution in [2.75, 3.05) is 49.2 Å². The summed E-state index contributed by atoms with van der Waals surface area (Å²) in [6.45, 7) is 3.99. The first kappa shape index (κ1) is 21.1. The maximum absolute atomic E-state index is 13.7. The molecule has 0 amide bonds. The predicted molar refractivity (Wildman–Crippen MR) is 126 cm³/mol. The predicted octanol–water partition coefficient (Wildman–Crippen LogP) is 2.61. The molecule has 2 aliphatic rings. The molecule has 1 aromatic carbocycles. The average molecular weight is 464 g/mol. The number of halogens is 1. The van der Waals surface area contributed by atoms with Gasteiger partial charge in [0, 0.05) is 43.3 Å². The summed E-state index contributed by atoms with van der Waals surface area (Å²) in [6, 6.07) is 10.5. The molecule has 0 atom stereocenters. The smallest absolute Gasteiger partial charge is 0.167 e. The van der Waals surface area contributed by atoms with E-state index in [-0.39, 0.29) is 5.82 Å². The molecule has 6 rings (SSSR count). The van der Waals surface area contributed by atoms with Gasteiger partial charge in [-0.05, 0) is 42.7 Å². The number of hydrogen-bond donors (Lipinski definition) is 2. The number of aliphatic hydroxyl groups is 1. The molecule has 2 N–H and O–H groups in total. The second-order valence-corrected chi connectivity index (χ2v) is 8.86. The molecular formula is C24H26FN7O2. The van der Waals surface area contributed by atoms with E-state index in [9.17, 15) is 9.50 Å². The van der Waals surface area contributed by atoms with Gasteiger partial charge in [-0.3, -0.25) is 5.10 Å². The standard InChI is InChI=1S/C24H26FN7O2/c25-17-2-1-3-18(14-17)30-8-5-24(33,6-9-30)20-15-22(31-10-12-34-13-11-31)28-23-19(20)16-27-32(23)21-4-7-26-29-21/h1-4,7,14-16,33H,5-6,8-13H2,(H,26,29). The summed E-state index contributed by atoms with van der Waals surface area (Å²) >= 11 is 0. The van der Waals surface area contributed by atoms with Crippen molar-refractivity contribution in [2.45, 2.75) is 18.4 Å². The van der Waals surface area contributed by atoms with E-state index >= 15 is 0 Å². The highest BCUT2D eigenvalue weighted by atomic mass is 19.1. The van der Waals surface area contributed by atoms with Gasteiger partial charge in [-0.25, -0.2) is 9.37 Å². The molecule has 0 bridgehead atoms. The Morgan fingerprint density at radius 3 is 2.59 bits per heavy atom. The molecule has 0 unspecified atom stereocenters. The third-order valence-corrected chi connectivity index (χ3v) is 6.84. The van der Waals surface area contributed by atoms with Crippen LogP contribution in [0.15, 0.2) is 48.8 Å².